The van der Waals surface area contributed by atoms with Crippen LogP contribution in [0.1, 0.15) is 77.0 Å². The first-order valence-corrected chi connectivity index (χ1v) is 18.6. The lowest BCUT2D eigenvalue weighted by Crippen LogP contribution is -2.11. The quantitative estimate of drug-likeness (QED) is 0.170. The second-order valence-corrected chi connectivity index (χ2v) is 16.0. The zero-order chi connectivity index (χ0) is 35.9. The number of fused-ring (bicyclic) bond motifs is 7. The van der Waals surface area contributed by atoms with Gasteiger partial charge in [-0.15, -0.1) is 0 Å². The van der Waals surface area contributed by atoms with Crippen LogP contribution in [0.4, 0.5) is 0 Å². The molecule has 0 fully saturated rings. The fourth-order valence-corrected chi connectivity index (χ4v) is 8.04. The number of aromatic nitrogens is 2. The van der Waals surface area contributed by atoms with Gasteiger partial charge in [0.05, 0.1) is 22.3 Å². The average Bonchev–Trinajstić information content (AvgIpc) is 3.71. The van der Waals surface area contributed by atoms with Gasteiger partial charge >= 0.3 is 0 Å². The molecule has 3 nitrogen and oxygen atoms in total. The summed E-state index contributed by atoms with van der Waals surface area (Å²) in [5.74, 6) is 1.45. The molecule has 0 radical (unpaired) electrons. The zero-order valence-corrected chi connectivity index (χ0v) is 31.1. The van der Waals surface area contributed by atoms with Crippen LogP contribution >= 0.6 is 0 Å². The molecule has 0 unspecified atom stereocenters. The summed E-state index contributed by atoms with van der Waals surface area (Å²) >= 11 is 0. The van der Waals surface area contributed by atoms with E-state index in [0.29, 0.717) is 0 Å². The molecule has 0 atom stereocenters. The highest BCUT2D eigenvalue weighted by Crippen LogP contribution is 2.44. The lowest BCUT2D eigenvalue weighted by molar-refractivity contribution is 0.591. The predicted octanol–water partition coefficient (Wildman–Crippen LogP) is 14.1. The number of furan rings is 1. The molecule has 0 amide bonds. The summed E-state index contributed by atoms with van der Waals surface area (Å²) < 4.78 is 9.38. The van der Waals surface area contributed by atoms with Crippen LogP contribution < -0.4 is 0 Å². The lowest BCUT2D eigenvalue weighted by atomic mass is 9.86. The maximum atomic E-state index is 6.94. The lowest BCUT2D eigenvalue weighted by Gasteiger charge is -2.24. The number of benzene rings is 7. The highest BCUT2D eigenvalue weighted by atomic mass is 16.3. The predicted molar refractivity (Wildman–Crippen MR) is 221 cm³/mol. The Labute approximate surface area is 305 Å². The molecule has 7 aromatic carbocycles. The zero-order valence-electron chi connectivity index (χ0n) is 31.1. The van der Waals surface area contributed by atoms with Gasteiger partial charge in [0.25, 0.3) is 0 Å². The van der Waals surface area contributed by atoms with E-state index < -0.39 is 0 Å². The first kappa shape index (κ1) is 32.3. The Morgan fingerprint density at radius 1 is 0.577 bits per heavy atom. The van der Waals surface area contributed by atoms with Crippen molar-refractivity contribution in [2.24, 2.45) is 0 Å². The minimum atomic E-state index is -0.00736. The highest BCUT2D eigenvalue weighted by Gasteiger charge is 2.26. The van der Waals surface area contributed by atoms with Crippen LogP contribution in [0.25, 0.3) is 82.7 Å². The summed E-state index contributed by atoms with van der Waals surface area (Å²) in [7, 11) is 0. The molecule has 9 aromatic rings. The van der Waals surface area contributed by atoms with Gasteiger partial charge in [-0.05, 0) is 109 Å². The van der Waals surface area contributed by atoms with E-state index in [1.807, 2.05) is 0 Å². The van der Waals surface area contributed by atoms with Gasteiger partial charge in [0, 0.05) is 10.8 Å². The Morgan fingerprint density at radius 3 is 2.00 bits per heavy atom. The molecule has 52 heavy (non-hydrogen) atoms. The minimum absolute atomic E-state index is 0.00736. The summed E-state index contributed by atoms with van der Waals surface area (Å²) in [4.78, 5) is 5.53. The number of hydrogen-bond acceptors (Lipinski definition) is 2. The summed E-state index contributed by atoms with van der Waals surface area (Å²) in [6.07, 6.45) is 0. The van der Waals surface area contributed by atoms with Crippen molar-refractivity contribution in [3.05, 3.63) is 144 Å². The van der Waals surface area contributed by atoms with Crippen molar-refractivity contribution < 1.29 is 4.42 Å². The third kappa shape index (κ3) is 5.13. The van der Waals surface area contributed by atoms with E-state index in [1.54, 1.807) is 0 Å². The standard InChI is InChI=1S/C49H44N2O/c1-29(2)39-25-34(31-14-9-8-10-15-31)26-40(30(3)4)46(39)51-44-23-22-35(49(5,6)7)27-43(44)50-48(51)38-19-13-18-37-42-24-33-21-20-32-16-11-12-17-36(32)41(33)28-45(42)52-47(37)38/h8-30H,1-7H3. The third-order valence-corrected chi connectivity index (χ3v) is 10.9. The molecule has 0 bridgehead atoms. The largest absolute Gasteiger partial charge is 0.455 e. The van der Waals surface area contributed by atoms with E-state index in [9.17, 15) is 0 Å². The Morgan fingerprint density at radius 2 is 1.27 bits per heavy atom. The number of para-hydroxylation sites is 1. The molecule has 0 N–H and O–H groups in total. The molecule has 0 aliphatic rings. The van der Waals surface area contributed by atoms with Crippen molar-refractivity contribution >= 4 is 54.5 Å². The van der Waals surface area contributed by atoms with Crippen molar-refractivity contribution in [2.75, 3.05) is 0 Å². The van der Waals surface area contributed by atoms with Gasteiger partial charge in [-0.1, -0.05) is 133 Å². The van der Waals surface area contributed by atoms with Crippen LogP contribution in [0.2, 0.25) is 0 Å². The Hall–Kier alpha value is -5.67. The Balaban J connectivity index is 1.37. The molecule has 0 aliphatic heterocycles. The van der Waals surface area contributed by atoms with Crippen molar-refractivity contribution in [3.63, 3.8) is 0 Å². The normalized spacial score (nSPS) is 12.5. The van der Waals surface area contributed by atoms with Gasteiger partial charge in [0.15, 0.2) is 0 Å². The summed E-state index contributed by atoms with van der Waals surface area (Å²) in [5, 5.41) is 7.10. The first-order chi connectivity index (χ1) is 25.1. The van der Waals surface area contributed by atoms with E-state index in [4.69, 9.17) is 9.40 Å². The summed E-state index contributed by atoms with van der Waals surface area (Å²) in [5.41, 5.74) is 12.4. The highest BCUT2D eigenvalue weighted by molar-refractivity contribution is 6.17. The van der Waals surface area contributed by atoms with Crippen LogP contribution in [-0.2, 0) is 5.41 Å². The third-order valence-electron chi connectivity index (χ3n) is 10.9. The van der Waals surface area contributed by atoms with Crippen LogP contribution in [0.3, 0.4) is 0 Å². The van der Waals surface area contributed by atoms with Gasteiger partial charge < -0.3 is 4.42 Å². The van der Waals surface area contributed by atoms with Crippen molar-refractivity contribution in [2.45, 2.75) is 65.7 Å². The number of nitrogens with zero attached hydrogens (tertiary/aromatic N) is 2. The van der Waals surface area contributed by atoms with Gasteiger partial charge in [0.2, 0.25) is 0 Å². The first-order valence-electron chi connectivity index (χ1n) is 18.6. The monoisotopic (exact) mass is 676 g/mol. The van der Waals surface area contributed by atoms with Crippen LogP contribution in [0.5, 0.6) is 0 Å². The molecule has 0 saturated carbocycles. The number of hydrogen-bond donors (Lipinski definition) is 0. The van der Waals surface area contributed by atoms with E-state index in [2.05, 4.69) is 180 Å². The van der Waals surface area contributed by atoms with E-state index in [-0.39, 0.29) is 17.3 Å². The van der Waals surface area contributed by atoms with Crippen molar-refractivity contribution in [3.8, 4) is 28.2 Å². The van der Waals surface area contributed by atoms with Gasteiger partial charge in [-0.3, -0.25) is 4.57 Å². The molecular weight excluding hydrogens is 633 g/mol. The fourth-order valence-electron chi connectivity index (χ4n) is 8.04. The topological polar surface area (TPSA) is 31.0 Å². The van der Waals surface area contributed by atoms with Crippen LogP contribution in [0.15, 0.2) is 132 Å². The second-order valence-electron chi connectivity index (χ2n) is 16.0. The minimum Gasteiger partial charge on any atom is -0.455 e. The van der Waals surface area contributed by atoms with Crippen LogP contribution in [0, 0.1) is 0 Å². The summed E-state index contributed by atoms with van der Waals surface area (Å²) in [6.45, 7) is 16.0. The maximum absolute atomic E-state index is 6.94. The maximum Gasteiger partial charge on any atom is 0.149 e. The van der Waals surface area contributed by atoms with Crippen molar-refractivity contribution in [1.29, 1.82) is 0 Å². The van der Waals surface area contributed by atoms with Crippen molar-refractivity contribution in [1.82, 2.24) is 9.55 Å². The number of imidazole rings is 1. The molecule has 3 heteroatoms. The average molecular weight is 677 g/mol. The van der Waals surface area contributed by atoms with E-state index >= 15 is 0 Å². The molecule has 2 aromatic heterocycles. The second kappa shape index (κ2) is 12.0. The smallest absolute Gasteiger partial charge is 0.149 e. The van der Waals surface area contributed by atoms with Gasteiger partial charge in [0.1, 0.15) is 17.0 Å². The van der Waals surface area contributed by atoms with Gasteiger partial charge in [-0.25, -0.2) is 4.98 Å². The summed E-state index contributed by atoms with van der Waals surface area (Å²) in [6, 6.07) is 46.5. The SMILES string of the molecule is CC(C)c1cc(-c2ccccc2)cc(C(C)C)c1-n1c(-c2cccc3c2oc2cc4c(ccc5ccccc54)cc23)nc2cc(C(C)(C)C)ccc21. The van der Waals surface area contributed by atoms with E-state index in [0.717, 1.165) is 44.4 Å². The Bertz CT molecular complexity index is 2800. The fraction of sp³-hybridized carbons (Fsp3) is 0.204. The van der Waals surface area contributed by atoms with Crippen LogP contribution in [-0.4, -0.2) is 9.55 Å². The molecule has 0 saturated heterocycles. The Kier molecular flexibility index (Phi) is 7.41. The molecule has 9 rings (SSSR count). The molecule has 256 valence electrons. The molecular formula is C49H44N2O. The van der Waals surface area contributed by atoms with Gasteiger partial charge in [-0.2, -0.15) is 0 Å². The molecule has 0 aliphatic carbocycles. The number of rotatable bonds is 5. The molecule has 2 heterocycles. The molecule has 0 spiro atoms. The van der Waals surface area contributed by atoms with E-state index in [1.165, 1.54) is 55.0 Å².